The van der Waals surface area contributed by atoms with E-state index in [4.69, 9.17) is 10.8 Å². The van der Waals surface area contributed by atoms with Crippen LogP contribution in [0, 0.1) is 5.92 Å². The molecular formula is C13H19N7O3. The third-order valence-electron chi connectivity index (χ3n) is 3.06. The number of rotatable bonds is 7. The predicted molar refractivity (Wildman–Crippen MR) is 83.6 cm³/mol. The lowest BCUT2D eigenvalue weighted by Gasteiger charge is -2.16. The normalized spacial score (nSPS) is 12.3. The molecule has 0 saturated heterocycles. The average molecular weight is 321 g/mol. The van der Waals surface area contributed by atoms with Crippen LogP contribution >= 0.6 is 0 Å². The van der Waals surface area contributed by atoms with Crippen LogP contribution in [-0.4, -0.2) is 49.5 Å². The van der Waals surface area contributed by atoms with E-state index in [1.807, 2.05) is 13.8 Å². The van der Waals surface area contributed by atoms with Crippen LogP contribution < -0.4 is 16.4 Å². The van der Waals surface area contributed by atoms with Gasteiger partial charge in [-0.1, -0.05) is 13.8 Å². The second-order valence-electron chi connectivity index (χ2n) is 5.47. The molecule has 0 spiro atoms. The van der Waals surface area contributed by atoms with Gasteiger partial charge in [-0.15, -0.1) is 0 Å². The summed E-state index contributed by atoms with van der Waals surface area (Å²) in [5.74, 6) is -1.01. The number of H-pyrrole nitrogens is 1. The minimum absolute atomic E-state index is 0.0238. The summed E-state index contributed by atoms with van der Waals surface area (Å²) in [6.45, 7) is 3.63. The molecule has 124 valence electrons. The molecule has 0 radical (unpaired) electrons. The van der Waals surface area contributed by atoms with Crippen molar-refractivity contribution in [2.24, 2.45) is 5.92 Å². The second kappa shape index (κ2) is 6.90. The van der Waals surface area contributed by atoms with Gasteiger partial charge in [-0.05, 0) is 12.3 Å². The van der Waals surface area contributed by atoms with E-state index in [2.05, 4.69) is 30.6 Å². The van der Waals surface area contributed by atoms with Gasteiger partial charge in [0.25, 0.3) is 0 Å². The SMILES string of the molecule is CC(C)C[C@H](NC(=O)CNc1nc(N)nc2nc[nH]c12)C(=O)O. The number of aromatic nitrogens is 4. The van der Waals surface area contributed by atoms with Gasteiger partial charge >= 0.3 is 5.97 Å². The molecule has 23 heavy (non-hydrogen) atoms. The fraction of sp³-hybridized carbons (Fsp3) is 0.462. The summed E-state index contributed by atoms with van der Waals surface area (Å²) < 4.78 is 0. The summed E-state index contributed by atoms with van der Waals surface area (Å²) in [7, 11) is 0. The lowest BCUT2D eigenvalue weighted by molar-refractivity contribution is -0.142. The molecule has 2 aromatic rings. The Kier molecular flexibility index (Phi) is 4.94. The van der Waals surface area contributed by atoms with E-state index in [1.165, 1.54) is 6.33 Å². The maximum Gasteiger partial charge on any atom is 0.326 e. The molecule has 0 saturated carbocycles. The number of hydrogen-bond acceptors (Lipinski definition) is 7. The van der Waals surface area contributed by atoms with Crippen LogP contribution in [0.3, 0.4) is 0 Å². The summed E-state index contributed by atoms with van der Waals surface area (Å²) in [6, 6.07) is -0.924. The zero-order chi connectivity index (χ0) is 17.0. The van der Waals surface area contributed by atoms with E-state index in [0.29, 0.717) is 23.4 Å². The molecule has 2 rings (SSSR count). The minimum Gasteiger partial charge on any atom is -0.480 e. The molecule has 0 aliphatic rings. The first-order chi connectivity index (χ1) is 10.9. The molecule has 10 heteroatoms. The Morgan fingerprint density at radius 2 is 2.13 bits per heavy atom. The first kappa shape index (κ1) is 16.5. The highest BCUT2D eigenvalue weighted by molar-refractivity contribution is 5.89. The zero-order valence-electron chi connectivity index (χ0n) is 12.8. The van der Waals surface area contributed by atoms with Crippen molar-refractivity contribution in [3.63, 3.8) is 0 Å². The number of nitrogen functional groups attached to an aromatic ring is 1. The van der Waals surface area contributed by atoms with Crippen molar-refractivity contribution in [2.45, 2.75) is 26.3 Å². The van der Waals surface area contributed by atoms with Crippen LogP contribution in [0.4, 0.5) is 11.8 Å². The highest BCUT2D eigenvalue weighted by Gasteiger charge is 2.21. The maximum atomic E-state index is 11.9. The van der Waals surface area contributed by atoms with E-state index >= 15 is 0 Å². The van der Waals surface area contributed by atoms with Gasteiger partial charge in [0, 0.05) is 0 Å². The Labute approximate surface area is 131 Å². The van der Waals surface area contributed by atoms with Gasteiger partial charge in [0.1, 0.15) is 11.6 Å². The van der Waals surface area contributed by atoms with E-state index in [0.717, 1.165) is 0 Å². The molecule has 2 aromatic heterocycles. The van der Waals surface area contributed by atoms with E-state index in [-0.39, 0.29) is 18.4 Å². The number of hydrogen-bond donors (Lipinski definition) is 5. The second-order valence-corrected chi connectivity index (χ2v) is 5.47. The maximum absolute atomic E-state index is 11.9. The third kappa shape index (κ3) is 4.28. The van der Waals surface area contributed by atoms with Crippen LogP contribution in [0.25, 0.3) is 11.2 Å². The molecule has 0 aliphatic carbocycles. The predicted octanol–water partition coefficient (Wildman–Crippen LogP) is -0.0375. The number of nitrogens with one attached hydrogen (secondary N) is 3. The first-order valence-electron chi connectivity index (χ1n) is 7.09. The number of nitrogens with zero attached hydrogens (tertiary/aromatic N) is 3. The number of aliphatic carboxylic acids is 1. The standard InChI is InChI=1S/C13H19N7O3/c1-6(2)3-7(12(22)23)18-8(21)4-15-10-9-11(17-5-16-9)20-13(14)19-10/h5-7H,3-4H2,1-2H3,(H,18,21)(H,22,23)(H4,14,15,16,17,19,20)/t7-/m0/s1. The van der Waals surface area contributed by atoms with Crippen molar-refractivity contribution in [1.82, 2.24) is 25.3 Å². The number of carboxylic acids is 1. The van der Waals surface area contributed by atoms with Crippen molar-refractivity contribution in [3.05, 3.63) is 6.33 Å². The van der Waals surface area contributed by atoms with Crippen molar-refractivity contribution in [1.29, 1.82) is 0 Å². The lowest BCUT2D eigenvalue weighted by Crippen LogP contribution is -2.44. The topological polar surface area (TPSA) is 159 Å². The van der Waals surface area contributed by atoms with E-state index < -0.39 is 17.9 Å². The number of aromatic amines is 1. The number of carboxylic acid groups (broad SMARTS) is 1. The van der Waals surface area contributed by atoms with Crippen molar-refractivity contribution in [2.75, 3.05) is 17.6 Å². The summed E-state index contributed by atoms with van der Waals surface area (Å²) in [5, 5.41) is 14.4. The number of imidazole rings is 1. The van der Waals surface area contributed by atoms with Gasteiger partial charge in [0.2, 0.25) is 11.9 Å². The van der Waals surface area contributed by atoms with E-state index in [9.17, 15) is 9.59 Å². The Morgan fingerprint density at radius 1 is 1.39 bits per heavy atom. The van der Waals surface area contributed by atoms with Crippen LogP contribution in [0.1, 0.15) is 20.3 Å². The van der Waals surface area contributed by atoms with E-state index in [1.54, 1.807) is 0 Å². The third-order valence-corrected chi connectivity index (χ3v) is 3.06. The monoisotopic (exact) mass is 321 g/mol. The molecule has 0 aliphatic heterocycles. The fourth-order valence-corrected chi connectivity index (χ4v) is 2.08. The molecule has 10 nitrogen and oxygen atoms in total. The van der Waals surface area contributed by atoms with Gasteiger partial charge in [-0.25, -0.2) is 9.78 Å². The van der Waals surface area contributed by atoms with Crippen molar-refractivity contribution in [3.8, 4) is 0 Å². The molecule has 0 fully saturated rings. The Morgan fingerprint density at radius 3 is 2.78 bits per heavy atom. The van der Waals surface area contributed by atoms with Gasteiger partial charge in [-0.3, -0.25) is 4.79 Å². The number of fused-ring (bicyclic) bond motifs is 1. The molecule has 2 heterocycles. The summed E-state index contributed by atoms with van der Waals surface area (Å²) >= 11 is 0. The van der Waals surface area contributed by atoms with Gasteiger partial charge in [-0.2, -0.15) is 9.97 Å². The number of nitrogens with two attached hydrogens (primary N) is 1. The number of amides is 1. The van der Waals surface area contributed by atoms with Crippen LogP contribution in [0.5, 0.6) is 0 Å². The largest absolute Gasteiger partial charge is 0.480 e. The molecule has 1 amide bonds. The number of anilines is 2. The van der Waals surface area contributed by atoms with Crippen LogP contribution in [-0.2, 0) is 9.59 Å². The Balaban J connectivity index is 2.00. The Hall–Kier alpha value is -2.91. The van der Waals surface area contributed by atoms with Gasteiger partial charge in [0.15, 0.2) is 11.5 Å². The highest BCUT2D eigenvalue weighted by Crippen LogP contribution is 2.16. The quantitative estimate of drug-likeness (QED) is 0.475. The van der Waals surface area contributed by atoms with Gasteiger partial charge < -0.3 is 26.5 Å². The smallest absolute Gasteiger partial charge is 0.326 e. The molecule has 0 unspecified atom stereocenters. The first-order valence-corrected chi connectivity index (χ1v) is 7.09. The molecule has 0 bridgehead atoms. The summed E-state index contributed by atoms with van der Waals surface area (Å²) in [5.41, 5.74) is 6.47. The van der Waals surface area contributed by atoms with Crippen molar-refractivity contribution >= 4 is 34.8 Å². The Bertz CT molecular complexity index is 713. The number of carbonyl (C=O) groups excluding carboxylic acids is 1. The summed E-state index contributed by atoms with van der Waals surface area (Å²) in [4.78, 5) is 37.8. The summed E-state index contributed by atoms with van der Waals surface area (Å²) in [6.07, 6.45) is 1.79. The van der Waals surface area contributed by atoms with Crippen molar-refractivity contribution < 1.29 is 14.7 Å². The minimum atomic E-state index is -1.06. The molecule has 1 atom stereocenters. The molecule has 0 aromatic carbocycles. The zero-order valence-corrected chi connectivity index (χ0v) is 12.8. The molecule has 6 N–H and O–H groups in total. The average Bonchev–Trinajstić information content (AvgIpc) is 2.91. The number of carbonyl (C=O) groups is 2. The van der Waals surface area contributed by atoms with Gasteiger partial charge in [0.05, 0.1) is 12.9 Å². The van der Waals surface area contributed by atoms with Crippen LogP contribution in [0.2, 0.25) is 0 Å². The highest BCUT2D eigenvalue weighted by atomic mass is 16.4. The molecular weight excluding hydrogens is 302 g/mol. The van der Waals surface area contributed by atoms with Crippen LogP contribution in [0.15, 0.2) is 6.33 Å². The lowest BCUT2D eigenvalue weighted by atomic mass is 10.0. The fourth-order valence-electron chi connectivity index (χ4n) is 2.08.